The number of carbonyl (C=O) groups excluding carboxylic acids is 1. The van der Waals surface area contributed by atoms with Crippen LogP contribution in [-0.2, 0) is 11.3 Å². The van der Waals surface area contributed by atoms with Gasteiger partial charge in [0.15, 0.2) is 11.6 Å². The van der Waals surface area contributed by atoms with Gasteiger partial charge >= 0.3 is 5.97 Å². The topological polar surface area (TPSA) is 35.5 Å². The van der Waals surface area contributed by atoms with Gasteiger partial charge in [0.2, 0.25) is 0 Å². The Morgan fingerprint density at radius 3 is 2.68 bits per heavy atom. The van der Waals surface area contributed by atoms with E-state index in [9.17, 15) is 13.6 Å². The number of benzene rings is 1. The fraction of sp³-hybridized carbons (Fsp3) is 0.154. The molecule has 0 N–H and O–H groups in total. The standard InChI is InChI=1S/C13H10F2O3S/c1-17-13(16)12-5-3-9(19-12)7-18-8-2-4-10(14)11(15)6-8/h2-6H,7H2,1H3. The summed E-state index contributed by atoms with van der Waals surface area (Å²) in [6.45, 7) is 0.173. The van der Waals surface area contributed by atoms with E-state index in [1.807, 2.05) is 0 Å². The van der Waals surface area contributed by atoms with Crippen LogP contribution in [0, 0.1) is 11.6 Å². The quantitative estimate of drug-likeness (QED) is 0.807. The Kier molecular flexibility index (Phi) is 4.11. The summed E-state index contributed by atoms with van der Waals surface area (Å²) in [5.41, 5.74) is 0. The highest BCUT2D eigenvalue weighted by molar-refractivity contribution is 7.13. The van der Waals surface area contributed by atoms with E-state index in [1.54, 1.807) is 12.1 Å². The molecule has 0 atom stereocenters. The number of esters is 1. The molecule has 6 heteroatoms. The minimum atomic E-state index is -0.959. The lowest BCUT2D eigenvalue weighted by molar-refractivity contribution is 0.0606. The zero-order chi connectivity index (χ0) is 13.8. The minimum absolute atomic E-state index is 0.173. The first kappa shape index (κ1) is 13.5. The lowest BCUT2D eigenvalue weighted by Crippen LogP contribution is -1.97. The first-order valence-electron chi connectivity index (χ1n) is 5.35. The predicted octanol–water partition coefficient (Wildman–Crippen LogP) is 3.39. The summed E-state index contributed by atoms with van der Waals surface area (Å²) in [7, 11) is 1.31. The third-order valence-electron chi connectivity index (χ3n) is 2.32. The van der Waals surface area contributed by atoms with Gasteiger partial charge in [0.05, 0.1) is 7.11 Å². The molecule has 2 rings (SSSR count). The minimum Gasteiger partial charge on any atom is -0.488 e. The molecule has 0 fully saturated rings. The average molecular weight is 284 g/mol. The largest absolute Gasteiger partial charge is 0.488 e. The molecule has 0 radical (unpaired) electrons. The van der Waals surface area contributed by atoms with Crippen molar-refractivity contribution in [3.8, 4) is 5.75 Å². The summed E-state index contributed by atoms with van der Waals surface area (Å²) in [5.74, 6) is -2.06. The van der Waals surface area contributed by atoms with E-state index in [-0.39, 0.29) is 12.4 Å². The number of hydrogen-bond donors (Lipinski definition) is 0. The second-order valence-corrected chi connectivity index (χ2v) is 4.79. The van der Waals surface area contributed by atoms with E-state index in [0.29, 0.717) is 4.88 Å². The van der Waals surface area contributed by atoms with Crippen molar-refractivity contribution in [2.24, 2.45) is 0 Å². The molecule has 0 saturated carbocycles. The number of carbonyl (C=O) groups is 1. The SMILES string of the molecule is COC(=O)c1ccc(COc2ccc(F)c(F)c2)s1. The van der Waals surface area contributed by atoms with E-state index in [1.165, 1.54) is 24.5 Å². The lowest BCUT2D eigenvalue weighted by Gasteiger charge is -2.04. The van der Waals surface area contributed by atoms with Crippen molar-refractivity contribution in [1.82, 2.24) is 0 Å². The molecular weight excluding hydrogens is 274 g/mol. The molecule has 0 saturated heterocycles. The van der Waals surface area contributed by atoms with Gasteiger partial charge in [-0.1, -0.05) is 0 Å². The summed E-state index contributed by atoms with van der Waals surface area (Å²) in [4.78, 5) is 12.5. The van der Waals surface area contributed by atoms with E-state index >= 15 is 0 Å². The van der Waals surface area contributed by atoms with Gasteiger partial charge in [-0.15, -0.1) is 11.3 Å². The summed E-state index contributed by atoms with van der Waals surface area (Å²) in [6.07, 6.45) is 0. The van der Waals surface area contributed by atoms with Crippen LogP contribution in [0.2, 0.25) is 0 Å². The third-order valence-corrected chi connectivity index (χ3v) is 3.36. The van der Waals surface area contributed by atoms with Crippen LogP contribution < -0.4 is 4.74 Å². The predicted molar refractivity (Wildman–Crippen MR) is 66.3 cm³/mol. The molecule has 0 aliphatic carbocycles. The Bertz CT molecular complexity index is 595. The maximum Gasteiger partial charge on any atom is 0.348 e. The molecule has 0 aliphatic rings. The van der Waals surface area contributed by atoms with Crippen LogP contribution in [-0.4, -0.2) is 13.1 Å². The van der Waals surface area contributed by atoms with Gasteiger partial charge in [0, 0.05) is 10.9 Å². The van der Waals surface area contributed by atoms with Crippen molar-refractivity contribution in [1.29, 1.82) is 0 Å². The number of hydrogen-bond acceptors (Lipinski definition) is 4. The molecule has 0 amide bonds. The Morgan fingerprint density at radius 2 is 2.00 bits per heavy atom. The number of halogens is 2. The zero-order valence-corrected chi connectivity index (χ0v) is 10.8. The van der Waals surface area contributed by atoms with Crippen molar-refractivity contribution in [3.63, 3.8) is 0 Å². The second kappa shape index (κ2) is 5.79. The number of thiophene rings is 1. The van der Waals surface area contributed by atoms with Crippen molar-refractivity contribution in [3.05, 3.63) is 51.7 Å². The molecule has 0 spiro atoms. The number of rotatable bonds is 4. The van der Waals surface area contributed by atoms with Gasteiger partial charge < -0.3 is 9.47 Å². The summed E-state index contributed by atoms with van der Waals surface area (Å²) >= 11 is 1.22. The Balaban J connectivity index is 2.00. The highest BCUT2D eigenvalue weighted by atomic mass is 32.1. The van der Waals surface area contributed by atoms with Crippen LogP contribution in [0.15, 0.2) is 30.3 Å². The van der Waals surface area contributed by atoms with Crippen LogP contribution in [0.25, 0.3) is 0 Å². The fourth-order valence-corrected chi connectivity index (χ4v) is 2.23. The summed E-state index contributed by atoms with van der Waals surface area (Å²) < 4.78 is 35.5. The Labute approximate surface area is 112 Å². The van der Waals surface area contributed by atoms with Crippen LogP contribution in [0.4, 0.5) is 8.78 Å². The van der Waals surface area contributed by atoms with E-state index < -0.39 is 17.6 Å². The van der Waals surface area contributed by atoms with Gasteiger partial charge in [0.25, 0.3) is 0 Å². The Hall–Kier alpha value is -1.95. The molecule has 0 aliphatic heterocycles. The third kappa shape index (κ3) is 3.29. The molecule has 100 valence electrons. The second-order valence-electron chi connectivity index (χ2n) is 3.62. The van der Waals surface area contributed by atoms with Crippen LogP contribution in [0.1, 0.15) is 14.5 Å². The van der Waals surface area contributed by atoms with E-state index in [0.717, 1.165) is 17.0 Å². The number of ether oxygens (including phenoxy) is 2. The van der Waals surface area contributed by atoms with Crippen molar-refractivity contribution in [2.45, 2.75) is 6.61 Å². The van der Waals surface area contributed by atoms with Crippen molar-refractivity contribution < 1.29 is 23.0 Å². The van der Waals surface area contributed by atoms with Crippen molar-refractivity contribution >= 4 is 17.3 Å². The highest BCUT2D eigenvalue weighted by Crippen LogP contribution is 2.21. The molecule has 3 nitrogen and oxygen atoms in total. The van der Waals surface area contributed by atoms with Gasteiger partial charge in [0.1, 0.15) is 17.2 Å². The summed E-state index contributed by atoms with van der Waals surface area (Å²) in [6, 6.07) is 6.66. The normalized spacial score (nSPS) is 10.3. The van der Waals surface area contributed by atoms with Crippen molar-refractivity contribution in [2.75, 3.05) is 7.11 Å². The summed E-state index contributed by atoms with van der Waals surface area (Å²) in [5, 5.41) is 0. The molecule has 0 unspecified atom stereocenters. The zero-order valence-electron chi connectivity index (χ0n) is 9.98. The average Bonchev–Trinajstić information content (AvgIpc) is 2.88. The van der Waals surface area contributed by atoms with E-state index in [4.69, 9.17) is 4.74 Å². The lowest BCUT2D eigenvalue weighted by atomic mass is 10.3. The molecule has 1 aromatic heterocycles. The molecule has 2 aromatic rings. The molecule has 1 heterocycles. The van der Waals surface area contributed by atoms with Crippen LogP contribution >= 0.6 is 11.3 Å². The van der Waals surface area contributed by atoms with Gasteiger partial charge in [-0.2, -0.15) is 0 Å². The van der Waals surface area contributed by atoms with Gasteiger partial charge in [-0.3, -0.25) is 0 Å². The maximum absolute atomic E-state index is 12.9. The van der Waals surface area contributed by atoms with Gasteiger partial charge in [-0.05, 0) is 24.3 Å². The van der Waals surface area contributed by atoms with E-state index in [2.05, 4.69) is 4.74 Å². The first-order chi connectivity index (χ1) is 9.10. The first-order valence-corrected chi connectivity index (χ1v) is 6.16. The van der Waals surface area contributed by atoms with Crippen LogP contribution in [0.5, 0.6) is 5.75 Å². The number of methoxy groups -OCH3 is 1. The smallest absolute Gasteiger partial charge is 0.348 e. The Morgan fingerprint density at radius 1 is 1.21 bits per heavy atom. The maximum atomic E-state index is 12.9. The molecule has 19 heavy (non-hydrogen) atoms. The monoisotopic (exact) mass is 284 g/mol. The van der Waals surface area contributed by atoms with Crippen LogP contribution in [0.3, 0.4) is 0 Å². The molecular formula is C13H10F2O3S. The van der Waals surface area contributed by atoms with Gasteiger partial charge in [-0.25, -0.2) is 13.6 Å². The fourth-order valence-electron chi connectivity index (χ4n) is 1.39. The highest BCUT2D eigenvalue weighted by Gasteiger charge is 2.09. The molecule has 0 bridgehead atoms. The molecule has 1 aromatic carbocycles.